The van der Waals surface area contributed by atoms with Crippen LogP contribution >= 0.6 is 0 Å². The number of nitrogens with one attached hydrogen (secondary N) is 1. The van der Waals surface area contributed by atoms with E-state index in [0.29, 0.717) is 0 Å². The second-order valence-corrected chi connectivity index (χ2v) is 4.78. The molecule has 1 aliphatic heterocycles. The molecular formula is C14H9N3O6. The molecule has 2 aromatic rings. The molecule has 2 amide bonds. The quantitative estimate of drug-likeness (QED) is 0.555. The Bertz CT molecular complexity index is 960. The fourth-order valence-corrected chi connectivity index (χ4v) is 2.36. The zero-order chi connectivity index (χ0) is 16.9. The summed E-state index contributed by atoms with van der Waals surface area (Å²) in [7, 11) is 0. The summed E-state index contributed by atoms with van der Waals surface area (Å²) in [5, 5.41) is 20.9. The summed E-state index contributed by atoms with van der Waals surface area (Å²) in [6.07, 6.45) is 0. The van der Waals surface area contributed by atoms with E-state index in [1.165, 1.54) is 0 Å². The maximum Gasteiger partial charge on any atom is 0.335 e. The van der Waals surface area contributed by atoms with Crippen LogP contribution < -0.4 is 16.6 Å². The number of anilines is 1. The zero-order valence-corrected chi connectivity index (χ0v) is 11.4. The molecule has 2 heterocycles. The topological polar surface area (TPSA) is 152 Å². The molecule has 1 aliphatic rings. The minimum absolute atomic E-state index is 0.164. The van der Waals surface area contributed by atoms with Crippen LogP contribution in [0.2, 0.25) is 0 Å². The van der Waals surface area contributed by atoms with Gasteiger partial charge in [0.25, 0.3) is 17.4 Å². The summed E-state index contributed by atoms with van der Waals surface area (Å²) in [6, 6.07) is 4.17. The highest BCUT2D eigenvalue weighted by atomic mass is 16.4. The van der Waals surface area contributed by atoms with Crippen LogP contribution in [-0.4, -0.2) is 32.6 Å². The monoisotopic (exact) mass is 315 g/mol. The van der Waals surface area contributed by atoms with Crippen molar-refractivity contribution >= 4 is 23.6 Å². The van der Waals surface area contributed by atoms with Crippen LogP contribution in [0.15, 0.2) is 29.1 Å². The molecule has 0 atom stereocenters. The van der Waals surface area contributed by atoms with Gasteiger partial charge >= 0.3 is 5.97 Å². The van der Waals surface area contributed by atoms with E-state index in [0.717, 1.165) is 28.8 Å². The lowest BCUT2D eigenvalue weighted by atomic mass is 10.1. The predicted octanol–water partition coefficient (Wildman–Crippen LogP) is -0.293. The molecule has 0 fully saturated rings. The molecule has 0 bridgehead atoms. The Labute approximate surface area is 127 Å². The van der Waals surface area contributed by atoms with Crippen LogP contribution in [-0.2, 0) is 0 Å². The molecule has 23 heavy (non-hydrogen) atoms. The van der Waals surface area contributed by atoms with Gasteiger partial charge in [-0.25, -0.2) is 4.79 Å². The number of carbonyl (C=O) groups is 3. The van der Waals surface area contributed by atoms with Crippen molar-refractivity contribution in [2.24, 2.45) is 0 Å². The number of aromatic nitrogens is 1. The second kappa shape index (κ2) is 4.70. The largest absolute Gasteiger partial charge is 0.506 e. The summed E-state index contributed by atoms with van der Waals surface area (Å²) in [4.78, 5) is 46.6. The highest BCUT2D eigenvalue weighted by molar-refractivity contribution is 6.23. The van der Waals surface area contributed by atoms with E-state index < -0.39 is 29.1 Å². The molecule has 0 saturated heterocycles. The number of rotatable bonds is 2. The minimum Gasteiger partial charge on any atom is -0.506 e. The number of phenols is 1. The summed E-state index contributed by atoms with van der Waals surface area (Å²) in [5.74, 6) is -3.57. The number of hydrogen-bond donors (Lipinski definition) is 4. The summed E-state index contributed by atoms with van der Waals surface area (Å²) in [5.41, 5.74) is 4.26. The lowest BCUT2D eigenvalue weighted by Crippen LogP contribution is -2.24. The van der Waals surface area contributed by atoms with Crippen molar-refractivity contribution in [1.29, 1.82) is 0 Å². The number of pyridine rings is 1. The Hall–Kier alpha value is -3.62. The van der Waals surface area contributed by atoms with Gasteiger partial charge in [-0.15, -0.1) is 0 Å². The molecule has 1 aromatic carbocycles. The van der Waals surface area contributed by atoms with Crippen molar-refractivity contribution < 1.29 is 24.6 Å². The van der Waals surface area contributed by atoms with Gasteiger partial charge in [-0.1, -0.05) is 0 Å². The first-order valence-corrected chi connectivity index (χ1v) is 6.29. The molecule has 3 rings (SSSR count). The number of fused-ring (bicyclic) bond motifs is 1. The van der Waals surface area contributed by atoms with Crippen LogP contribution in [0.1, 0.15) is 31.1 Å². The van der Waals surface area contributed by atoms with Gasteiger partial charge in [-0.3, -0.25) is 24.3 Å². The maximum absolute atomic E-state index is 12.2. The number of carboxylic acids is 1. The molecule has 0 saturated carbocycles. The predicted molar refractivity (Wildman–Crippen MR) is 76.9 cm³/mol. The fraction of sp³-hybridized carbons (Fsp3) is 0. The Morgan fingerprint density at radius 2 is 1.83 bits per heavy atom. The van der Waals surface area contributed by atoms with E-state index >= 15 is 0 Å². The van der Waals surface area contributed by atoms with Crippen molar-refractivity contribution in [3.8, 4) is 11.4 Å². The zero-order valence-electron chi connectivity index (χ0n) is 11.4. The number of aromatic carboxylic acids is 1. The van der Waals surface area contributed by atoms with Gasteiger partial charge in [-0.2, -0.15) is 0 Å². The van der Waals surface area contributed by atoms with Crippen LogP contribution in [0.4, 0.5) is 5.82 Å². The smallest absolute Gasteiger partial charge is 0.335 e. The average Bonchev–Trinajstić information content (AvgIpc) is 2.75. The number of nitrogens with zero attached hydrogens (tertiary/aromatic N) is 1. The van der Waals surface area contributed by atoms with E-state index in [9.17, 15) is 24.3 Å². The highest BCUT2D eigenvalue weighted by Gasteiger charge is 2.32. The van der Waals surface area contributed by atoms with Gasteiger partial charge in [0.05, 0.1) is 22.4 Å². The van der Waals surface area contributed by atoms with Gasteiger partial charge in [-0.05, 0) is 18.2 Å². The van der Waals surface area contributed by atoms with Gasteiger partial charge in [0, 0.05) is 6.07 Å². The van der Waals surface area contributed by atoms with Gasteiger partial charge in [0.15, 0.2) is 0 Å². The molecule has 1 aromatic heterocycles. The Morgan fingerprint density at radius 1 is 1.13 bits per heavy atom. The van der Waals surface area contributed by atoms with Gasteiger partial charge in [0.1, 0.15) is 11.6 Å². The number of hydrogen-bond acceptors (Lipinski definition) is 6. The molecule has 5 N–H and O–H groups in total. The van der Waals surface area contributed by atoms with E-state index in [2.05, 4.69) is 0 Å². The molecule has 0 radical (unpaired) electrons. The number of aromatic hydroxyl groups is 1. The first-order chi connectivity index (χ1) is 10.8. The number of benzene rings is 1. The normalized spacial score (nSPS) is 12.9. The number of nitrogen functional groups attached to an aromatic ring is 1. The molecule has 9 heteroatoms. The SMILES string of the molecule is Nc1c2c(cc(=O)n1-c1cc(C(=O)O)ccc1O)C(=O)NC2=O. The maximum atomic E-state index is 12.2. The minimum atomic E-state index is -1.27. The molecule has 9 nitrogen and oxygen atoms in total. The lowest BCUT2D eigenvalue weighted by Gasteiger charge is -2.13. The number of phenolic OH excluding ortho intramolecular Hbond substituents is 1. The first-order valence-electron chi connectivity index (χ1n) is 6.29. The number of carbonyl (C=O) groups excluding carboxylic acids is 2. The van der Waals surface area contributed by atoms with Crippen molar-refractivity contribution in [2.45, 2.75) is 0 Å². The lowest BCUT2D eigenvalue weighted by molar-refractivity contribution is 0.0696. The van der Waals surface area contributed by atoms with Crippen LogP contribution in [0.3, 0.4) is 0 Å². The van der Waals surface area contributed by atoms with Crippen LogP contribution in [0.25, 0.3) is 5.69 Å². The standard InChI is InChI=1S/C14H9N3O6/c15-11-10-6(12(20)16-13(10)21)4-9(19)17(11)7-3-5(14(22)23)1-2-8(7)18/h1-4,18H,15H2,(H,22,23)(H,16,20,21). The van der Waals surface area contributed by atoms with Crippen molar-refractivity contribution in [3.63, 3.8) is 0 Å². The van der Waals surface area contributed by atoms with E-state index in [-0.39, 0.29) is 28.2 Å². The van der Waals surface area contributed by atoms with E-state index in [4.69, 9.17) is 10.8 Å². The van der Waals surface area contributed by atoms with Crippen LogP contribution in [0.5, 0.6) is 5.75 Å². The Balaban J connectivity index is 2.35. The Morgan fingerprint density at radius 3 is 2.48 bits per heavy atom. The van der Waals surface area contributed by atoms with Crippen LogP contribution in [0, 0.1) is 0 Å². The van der Waals surface area contributed by atoms with Crippen molar-refractivity contribution in [2.75, 3.05) is 5.73 Å². The number of nitrogens with two attached hydrogens (primary N) is 1. The summed E-state index contributed by atoms with van der Waals surface area (Å²) < 4.78 is 0.777. The van der Waals surface area contributed by atoms with Gasteiger partial charge < -0.3 is 15.9 Å². The van der Waals surface area contributed by atoms with Crippen molar-refractivity contribution in [1.82, 2.24) is 9.88 Å². The third kappa shape index (κ3) is 2.02. The highest BCUT2D eigenvalue weighted by Crippen LogP contribution is 2.28. The molecule has 116 valence electrons. The first kappa shape index (κ1) is 14.3. The Kier molecular flexibility index (Phi) is 2.93. The fourth-order valence-electron chi connectivity index (χ4n) is 2.36. The van der Waals surface area contributed by atoms with E-state index in [1.54, 1.807) is 0 Å². The third-order valence-electron chi connectivity index (χ3n) is 3.42. The summed E-state index contributed by atoms with van der Waals surface area (Å²) >= 11 is 0. The molecule has 0 aliphatic carbocycles. The second-order valence-electron chi connectivity index (χ2n) is 4.78. The molecular weight excluding hydrogens is 306 g/mol. The third-order valence-corrected chi connectivity index (χ3v) is 3.42. The van der Waals surface area contributed by atoms with Gasteiger partial charge in [0.2, 0.25) is 0 Å². The number of amides is 2. The molecule has 0 unspecified atom stereocenters. The number of carboxylic acid groups (broad SMARTS) is 1. The van der Waals surface area contributed by atoms with E-state index in [1.807, 2.05) is 5.32 Å². The van der Waals surface area contributed by atoms with Crippen molar-refractivity contribution in [3.05, 3.63) is 51.3 Å². The number of imide groups is 1. The molecule has 0 spiro atoms. The summed E-state index contributed by atoms with van der Waals surface area (Å²) in [6.45, 7) is 0. The average molecular weight is 315 g/mol.